The van der Waals surface area contributed by atoms with Crippen LogP contribution in [0.15, 0.2) is 0 Å². The first-order valence-corrected chi connectivity index (χ1v) is 8.00. The Bertz CT molecular complexity index is 277. The van der Waals surface area contributed by atoms with Crippen LogP contribution in [-0.2, 0) is 4.79 Å². The maximum Gasteiger partial charge on any atom is 0.236 e. The molecular formula is C15H29N3O. The maximum atomic E-state index is 12.3. The summed E-state index contributed by atoms with van der Waals surface area (Å²) in [6.45, 7) is 8.91. The Hall–Kier alpha value is -0.610. The second kappa shape index (κ2) is 7.85. The lowest BCUT2D eigenvalue weighted by Crippen LogP contribution is -2.48. The lowest BCUT2D eigenvalue weighted by Gasteiger charge is -2.29. The van der Waals surface area contributed by atoms with Gasteiger partial charge >= 0.3 is 0 Å². The Balaban J connectivity index is 1.75. The summed E-state index contributed by atoms with van der Waals surface area (Å²) in [4.78, 5) is 16.7. The Morgan fingerprint density at radius 2 is 1.95 bits per heavy atom. The number of amides is 1. The van der Waals surface area contributed by atoms with Crippen LogP contribution in [0.2, 0.25) is 0 Å². The number of carbonyl (C=O) groups is 1. The number of carbonyl (C=O) groups excluding carboxylic acids is 1. The standard InChI is InChI=1S/C15H29N3O/c1-2-4-14-5-3-9-18(10-6-14)15(19)13-17-11-7-16-8-12-17/h14,16H,2-13H2,1H3. The maximum absolute atomic E-state index is 12.3. The molecule has 0 aromatic heterocycles. The largest absolute Gasteiger partial charge is 0.342 e. The molecule has 0 bridgehead atoms. The van der Waals surface area contributed by atoms with E-state index < -0.39 is 0 Å². The van der Waals surface area contributed by atoms with Crippen molar-refractivity contribution in [3.63, 3.8) is 0 Å². The SMILES string of the molecule is CCCC1CCCN(C(=O)CN2CCNCC2)CC1. The van der Waals surface area contributed by atoms with E-state index in [1.54, 1.807) is 0 Å². The monoisotopic (exact) mass is 267 g/mol. The van der Waals surface area contributed by atoms with E-state index >= 15 is 0 Å². The van der Waals surface area contributed by atoms with Crippen LogP contribution in [-0.4, -0.2) is 61.5 Å². The first kappa shape index (κ1) is 14.8. The highest BCUT2D eigenvalue weighted by Crippen LogP contribution is 2.21. The van der Waals surface area contributed by atoms with Crippen LogP contribution in [0.1, 0.15) is 39.0 Å². The zero-order valence-electron chi connectivity index (χ0n) is 12.4. The molecule has 1 N–H and O–H groups in total. The first-order valence-electron chi connectivity index (χ1n) is 8.00. The molecule has 0 aromatic rings. The number of rotatable bonds is 4. The van der Waals surface area contributed by atoms with Gasteiger partial charge in [-0.25, -0.2) is 0 Å². The number of hydrogen-bond donors (Lipinski definition) is 1. The smallest absolute Gasteiger partial charge is 0.236 e. The van der Waals surface area contributed by atoms with Crippen LogP contribution >= 0.6 is 0 Å². The summed E-state index contributed by atoms with van der Waals surface area (Å²) >= 11 is 0. The molecule has 0 aromatic carbocycles. The van der Waals surface area contributed by atoms with Gasteiger partial charge in [-0.05, 0) is 25.2 Å². The Morgan fingerprint density at radius 3 is 2.68 bits per heavy atom. The molecule has 0 saturated carbocycles. The zero-order valence-corrected chi connectivity index (χ0v) is 12.4. The second-order valence-electron chi connectivity index (χ2n) is 5.99. The topological polar surface area (TPSA) is 35.6 Å². The normalized spacial score (nSPS) is 26.2. The van der Waals surface area contributed by atoms with E-state index in [0.717, 1.165) is 45.2 Å². The third-order valence-electron chi connectivity index (χ3n) is 4.47. The van der Waals surface area contributed by atoms with Gasteiger partial charge in [0.2, 0.25) is 5.91 Å². The molecule has 2 fully saturated rings. The Morgan fingerprint density at radius 1 is 1.16 bits per heavy atom. The van der Waals surface area contributed by atoms with Gasteiger partial charge in [0.25, 0.3) is 0 Å². The van der Waals surface area contributed by atoms with Gasteiger partial charge in [0, 0.05) is 39.3 Å². The van der Waals surface area contributed by atoms with E-state index in [9.17, 15) is 4.79 Å². The molecule has 2 heterocycles. The molecule has 2 aliphatic rings. The molecule has 2 aliphatic heterocycles. The number of likely N-dealkylation sites (tertiary alicyclic amines) is 1. The molecule has 1 unspecified atom stereocenters. The number of hydrogen-bond acceptors (Lipinski definition) is 3. The third kappa shape index (κ3) is 4.77. The summed E-state index contributed by atoms with van der Waals surface area (Å²) < 4.78 is 0. The minimum atomic E-state index is 0.346. The molecular weight excluding hydrogens is 238 g/mol. The van der Waals surface area contributed by atoms with E-state index in [2.05, 4.69) is 22.0 Å². The first-order chi connectivity index (χ1) is 9.29. The van der Waals surface area contributed by atoms with Crippen LogP contribution < -0.4 is 5.32 Å². The van der Waals surface area contributed by atoms with E-state index in [4.69, 9.17) is 0 Å². The van der Waals surface area contributed by atoms with Crippen LogP contribution in [0.5, 0.6) is 0 Å². The summed E-state index contributed by atoms with van der Waals surface area (Å²) in [6, 6.07) is 0. The number of nitrogens with zero attached hydrogens (tertiary/aromatic N) is 2. The average molecular weight is 267 g/mol. The molecule has 19 heavy (non-hydrogen) atoms. The van der Waals surface area contributed by atoms with Gasteiger partial charge in [-0.3, -0.25) is 9.69 Å². The van der Waals surface area contributed by atoms with Crippen molar-refractivity contribution in [2.45, 2.75) is 39.0 Å². The molecule has 2 saturated heterocycles. The van der Waals surface area contributed by atoms with Crippen molar-refractivity contribution < 1.29 is 4.79 Å². The van der Waals surface area contributed by atoms with Gasteiger partial charge in [-0.1, -0.05) is 19.8 Å². The van der Waals surface area contributed by atoms with Gasteiger partial charge in [0.1, 0.15) is 0 Å². The Labute approximate surface area is 117 Å². The van der Waals surface area contributed by atoms with Gasteiger partial charge in [0.15, 0.2) is 0 Å². The third-order valence-corrected chi connectivity index (χ3v) is 4.47. The van der Waals surface area contributed by atoms with Crippen LogP contribution in [0.3, 0.4) is 0 Å². The average Bonchev–Trinajstić information content (AvgIpc) is 2.66. The van der Waals surface area contributed by atoms with E-state index in [-0.39, 0.29) is 0 Å². The molecule has 1 atom stereocenters. The highest BCUT2D eigenvalue weighted by atomic mass is 16.2. The second-order valence-corrected chi connectivity index (χ2v) is 5.99. The lowest BCUT2D eigenvalue weighted by molar-refractivity contribution is -0.132. The van der Waals surface area contributed by atoms with Crippen molar-refractivity contribution in [1.29, 1.82) is 0 Å². The zero-order chi connectivity index (χ0) is 13.5. The van der Waals surface area contributed by atoms with Crippen molar-refractivity contribution in [2.24, 2.45) is 5.92 Å². The van der Waals surface area contributed by atoms with Crippen LogP contribution in [0, 0.1) is 5.92 Å². The fourth-order valence-electron chi connectivity index (χ4n) is 3.27. The lowest BCUT2D eigenvalue weighted by atomic mass is 9.96. The highest BCUT2D eigenvalue weighted by Gasteiger charge is 2.22. The van der Waals surface area contributed by atoms with Crippen molar-refractivity contribution >= 4 is 5.91 Å². The van der Waals surface area contributed by atoms with Crippen molar-refractivity contribution in [1.82, 2.24) is 15.1 Å². The fourth-order valence-corrected chi connectivity index (χ4v) is 3.27. The summed E-state index contributed by atoms with van der Waals surface area (Å²) in [5.41, 5.74) is 0. The van der Waals surface area contributed by atoms with Crippen molar-refractivity contribution in [2.75, 3.05) is 45.8 Å². The molecule has 1 amide bonds. The van der Waals surface area contributed by atoms with E-state index in [1.165, 1.54) is 32.1 Å². The minimum absolute atomic E-state index is 0.346. The summed E-state index contributed by atoms with van der Waals surface area (Å²) in [5, 5.41) is 3.33. The van der Waals surface area contributed by atoms with Crippen molar-refractivity contribution in [3.05, 3.63) is 0 Å². The minimum Gasteiger partial charge on any atom is -0.342 e. The molecule has 0 spiro atoms. The predicted molar refractivity (Wildman–Crippen MR) is 78.1 cm³/mol. The summed E-state index contributed by atoms with van der Waals surface area (Å²) in [7, 11) is 0. The van der Waals surface area contributed by atoms with Crippen molar-refractivity contribution in [3.8, 4) is 0 Å². The highest BCUT2D eigenvalue weighted by molar-refractivity contribution is 5.78. The van der Waals surface area contributed by atoms with Gasteiger partial charge in [-0.2, -0.15) is 0 Å². The van der Waals surface area contributed by atoms with E-state index in [0.29, 0.717) is 12.5 Å². The van der Waals surface area contributed by atoms with Gasteiger partial charge in [-0.15, -0.1) is 0 Å². The number of piperazine rings is 1. The summed E-state index contributed by atoms with van der Waals surface area (Å²) in [6.07, 6.45) is 6.32. The predicted octanol–water partition coefficient (Wildman–Crippen LogP) is 1.32. The van der Waals surface area contributed by atoms with Gasteiger partial charge in [0.05, 0.1) is 6.54 Å². The van der Waals surface area contributed by atoms with E-state index in [1.807, 2.05) is 0 Å². The Kier molecular flexibility index (Phi) is 6.11. The molecule has 4 nitrogen and oxygen atoms in total. The fraction of sp³-hybridized carbons (Fsp3) is 0.933. The molecule has 2 rings (SSSR count). The molecule has 0 aliphatic carbocycles. The van der Waals surface area contributed by atoms with Crippen LogP contribution in [0.25, 0.3) is 0 Å². The number of nitrogens with one attached hydrogen (secondary N) is 1. The molecule has 0 radical (unpaired) electrons. The summed E-state index contributed by atoms with van der Waals surface area (Å²) in [5.74, 6) is 1.20. The van der Waals surface area contributed by atoms with Crippen LogP contribution in [0.4, 0.5) is 0 Å². The van der Waals surface area contributed by atoms with Gasteiger partial charge < -0.3 is 10.2 Å². The molecule has 4 heteroatoms. The quantitative estimate of drug-likeness (QED) is 0.834. The molecule has 110 valence electrons.